The number of halogens is 1. The number of aliphatic carboxylic acids is 1. The van der Waals surface area contributed by atoms with Crippen LogP contribution in [0.4, 0.5) is 10.1 Å². The van der Waals surface area contributed by atoms with Gasteiger partial charge in [-0.05, 0) is 78.1 Å². The number of benzene rings is 2. The number of anilines is 1. The van der Waals surface area contributed by atoms with Crippen LogP contribution in [0.15, 0.2) is 67.1 Å². The number of carbonyl (C=O) groups excluding carboxylic acids is 1. The molecular weight excluding hydrogens is 495 g/mol. The minimum atomic E-state index is -1.07. The van der Waals surface area contributed by atoms with Crippen LogP contribution < -0.4 is 4.90 Å². The third-order valence-electron chi connectivity index (χ3n) is 8.26. The minimum Gasteiger partial charge on any atom is -0.478 e. The van der Waals surface area contributed by atoms with Crippen molar-refractivity contribution in [1.29, 1.82) is 0 Å². The van der Waals surface area contributed by atoms with Crippen molar-refractivity contribution in [3.63, 3.8) is 0 Å². The van der Waals surface area contributed by atoms with E-state index in [2.05, 4.69) is 10.1 Å². The topological polar surface area (TPSA) is 88.3 Å². The zero-order valence-corrected chi connectivity index (χ0v) is 21.6. The number of amides is 1. The molecule has 2 fully saturated rings. The normalized spacial score (nSPS) is 20.2. The number of carbonyl (C=O) groups is 2. The molecule has 3 atom stereocenters. The van der Waals surface area contributed by atoms with E-state index in [4.69, 9.17) is 5.11 Å². The molecule has 2 aliphatic rings. The van der Waals surface area contributed by atoms with Crippen LogP contribution in [0.2, 0.25) is 0 Å². The van der Waals surface area contributed by atoms with Crippen molar-refractivity contribution in [2.75, 3.05) is 4.90 Å². The molecular formula is C31H29FN4O3. The highest BCUT2D eigenvalue weighted by Gasteiger charge is 2.44. The molecule has 0 aliphatic heterocycles. The van der Waals surface area contributed by atoms with Gasteiger partial charge in [-0.2, -0.15) is 5.10 Å². The molecule has 0 unspecified atom stereocenters. The van der Waals surface area contributed by atoms with Crippen LogP contribution in [0, 0.1) is 23.6 Å². The summed E-state index contributed by atoms with van der Waals surface area (Å²) in [5.74, 6) is -0.617. The number of fused-ring (bicyclic) bond motifs is 3. The van der Waals surface area contributed by atoms with Crippen LogP contribution in [0.1, 0.15) is 36.8 Å². The van der Waals surface area contributed by atoms with E-state index in [9.17, 15) is 9.59 Å². The summed E-state index contributed by atoms with van der Waals surface area (Å²) in [5.41, 5.74) is 4.13. The Morgan fingerprint density at radius 3 is 2.64 bits per heavy atom. The Morgan fingerprint density at radius 1 is 1.08 bits per heavy atom. The van der Waals surface area contributed by atoms with Gasteiger partial charge in [0.25, 0.3) is 0 Å². The number of aromatic nitrogens is 3. The third-order valence-corrected chi connectivity index (χ3v) is 8.26. The van der Waals surface area contributed by atoms with Gasteiger partial charge in [0, 0.05) is 36.2 Å². The Labute approximate surface area is 225 Å². The molecule has 8 heteroatoms. The van der Waals surface area contributed by atoms with Gasteiger partial charge < -0.3 is 10.0 Å². The summed E-state index contributed by atoms with van der Waals surface area (Å²) in [7, 11) is 1.88. The van der Waals surface area contributed by atoms with E-state index in [-0.39, 0.29) is 24.2 Å². The van der Waals surface area contributed by atoms with Gasteiger partial charge in [0.15, 0.2) is 0 Å². The van der Waals surface area contributed by atoms with Crippen molar-refractivity contribution >= 4 is 34.5 Å². The second kappa shape index (κ2) is 10.1. The maximum absolute atomic E-state index is 15.6. The highest BCUT2D eigenvalue weighted by molar-refractivity contribution is 5.96. The molecule has 2 aliphatic carbocycles. The zero-order chi connectivity index (χ0) is 27.1. The molecule has 0 saturated heterocycles. The van der Waals surface area contributed by atoms with Gasteiger partial charge in [-0.25, -0.2) is 9.18 Å². The molecule has 198 valence electrons. The lowest BCUT2D eigenvalue weighted by Gasteiger charge is -2.30. The molecule has 1 N–H and O–H groups in total. The molecule has 6 rings (SSSR count). The number of hydrogen-bond acceptors (Lipinski definition) is 4. The van der Waals surface area contributed by atoms with Crippen LogP contribution >= 0.6 is 0 Å². The van der Waals surface area contributed by atoms with Gasteiger partial charge in [-0.3, -0.25) is 14.5 Å². The summed E-state index contributed by atoms with van der Waals surface area (Å²) in [6.45, 7) is 0.0637. The smallest absolute Gasteiger partial charge is 0.328 e. The molecule has 2 saturated carbocycles. The highest BCUT2D eigenvalue weighted by Crippen LogP contribution is 2.49. The lowest BCUT2D eigenvalue weighted by atomic mass is 9.87. The first-order chi connectivity index (χ1) is 18.9. The lowest BCUT2D eigenvalue weighted by molar-refractivity contribution is -0.131. The summed E-state index contributed by atoms with van der Waals surface area (Å²) in [4.78, 5) is 30.8. The Kier molecular flexibility index (Phi) is 6.46. The van der Waals surface area contributed by atoms with E-state index in [1.807, 2.05) is 31.3 Å². The quantitative estimate of drug-likeness (QED) is 0.307. The van der Waals surface area contributed by atoms with Gasteiger partial charge in [-0.1, -0.05) is 24.6 Å². The first-order valence-corrected chi connectivity index (χ1v) is 13.2. The number of carboxylic acids is 1. The Morgan fingerprint density at radius 2 is 1.90 bits per heavy atom. The van der Waals surface area contributed by atoms with Gasteiger partial charge in [0.05, 0.1) is 30.1 Å². The van der Waals surface area contributed by atoms with Crippen LogP contribution in [0.5, 0.6) is 0 Å². The summed E-state index contributed by atoms with van der Waals surface area (Å²) >= 11 is 0. The lowest BCUT2D eigenvalue weighted by Crippen LogP contribution is -2.38. The van der Waals surface area contributed by atoms with Gasteiger partial charge in [0.2, 0.25) is 5.91 Å². The molecule has 2 aromatic heterocycles. The second-order valence-corrected chi connectivity index (χ2v) is 10.7. The number of carboxylic acid groups (broad SMARTS) is 1. The van der Waals surface area contributed by atoms with Crippen molar-refractivity contribution in [3.05, 3.63) is 84.1 Å². The standard InChI is InChI=1S/C31H29FN4O3/c1-35-29-8-7-21(13-25(29)16-34-35)22-5-6-24(28(32)14-22)18-36(31(39)27-12-19-2-4-23(27)10-19)26-11-20(15-33-17-26)3-9-30(37)38/h3,5-9,11,13-17,19,23,27H,2,4,10,12,18H2,1H3,(H,37,38)/t19-,23+,27-/m1/s1. The number of nitrogens with zero attached hydrogens (tertiary/aromatic N) is 4. The molecule has 2 bridgehead atoms. The summed E-state index contributed by atoms with van der Waals surface area (Å²) < 4.78 is 17.4. The van der Waals surface area contributed by atoms with Gasteiger partial charge >= 0.3 is 5.97 Å². The monoisotopic (exact) mass is 524 g/mol. The number of aryl methyl sites for hydroxylation is 1. The molecule has 2 aromatic carbocycles. The van der Waals surface area contributed by atoms with Crippen LogP contribution in [0.25, 0.3) is 28.1 Å². The molecule has 7 nitrogen and oxygen atoms in total. The Balaban J connectivity index is 1.32. The van der Waals surface area contributed by atoms with Gasteiger partial charge in [-0.15, -0.1) is 0 Å². The maximum atomic E-state index is 15.6. The minimum absolute atomic E-state index is 0.0196. The first-order valence-electron chi connectivity index (χ1n) is 13.2. The zero-order valence-electron chi connectivity index (χ0n) is 21.6. The van der Waals surface area contributed by atoms with E-state index in [0.717, 1.165) is 47.4 Å². The second-order valence-electron chi connectivity index (χ2n) is 10.7. The van der Waals surface area contributed by atoms with E-state index in [1.165, 1.54) is 24.8 Å². The Bertz CT molecular complexity index is 1610. The van der Waals surface area contributed by atoms with Crippen molar-refractivity contribution in [3.8, 4) is 11.1 Å². The summed E-state index contributed by atoms with van der Waals surface area (Å²) in [6.07, 6.45) is 11.5. The average Bonchev–Trinajstić information content (AvgIpc) is 3.67. The molecule has 1 amide bonds. The molecule has 0 spiro atoms. The Hall–Kier alpha value is -4.33. The van der Waals surface area contributed by atoms with E-state index in [1.54, 1.807) is 34.1 Å². The number of rotatable bonds is 7. The SMILES string of the molecule is Cn1ncc2cc(-c3ccc(CN(C(=O)[C@@H]4C[C@@H]5CC[C@H]4C5)c4cncc(C=CC(=O)O)c4)c(F)c3)ccc21. The van der Waals surface area contributed by atoms with Crippen molar-refractivity contribution in [1.82, 2.24) is 14.8 Å². The van der Waals surface area contributed by atoms with Crippen molar-refractivity contribution in [2.45, 2.75) is 32.2 Å². The van der Waals surface area contributed by atoms with E-state index < -0.39 is 5.97 Å². The highest BCUT2D eigenvalue weighted by atomic mass is 19.1. The largest absolute Gasteiger partial charge is 0.478 e. The number of hydrogen-bond donors (Lipinski definition) is 1. The number of pyridine rings is 1. The molecule has 4 aromatic rings. The van der Waals surface area contributed by atoms with Gasteiger partial charge in [0.1, 0.15) is 5.82 Å². The fourth-order valence-electron chi connectivity index (χ4n) is 6.26. The summed E-state index contributed by atoms with van der Waals surface area (Å²) in [6, 6.07) is 12.8. The van der Waals surface area contributed by atoms with Crippen molar-refractivity contribution in [2.24, 2.45) is 24.8 Å². The fraction of sp³-hybridized carbons (Fsp3) is 0.290. The van der Waals surface area contributed by atoms with Crippen molar-refractivity contribution < 1.29 is 19.1 Å². The average molecular weight is 525 g/mol. The fourth-order valence-corrected chi connectivity index (χ4v) is 6.26. The first kappa shape index (κ1) is 25.0. The maximum Gasteiger partial charge on any atom is 0.328 e. The van der Waals surface area contributed by atoms with Crippen LogP contribution in [-0.2, 0) is 23.2 Å². The van der Waals surface area contributed by atoms with E-state index in [0.29, 0.717) is 28.7 Å². The molecule has 39 heavy (non-hydrogen) atoms. The van der Waals surface area contributed by atoms with Crippen LogP contribution in [0.3, 0.4) is 0 Å². The molecule has 2 heterocycles. The molecule has 0 radical (unpaired) electrons. The third kappa shape index (κ3) is 4.94. The summed E-state index contributed by atoms with van der Waals surface area (Å²) in [5, 5.41) is 14.3. The predicted octanol–water partition coefficient (Wildman–Crippen LogP) is 5.84. The van der Waals surface area contributed by atoms with Crippen LogP contribution in [-0.4, -0.2) is 31.7 Å². The van der Waals surface area contributed by atoms with E-state index >= 15 is 4.39 Å². The predicted molar refractivity (Wildman–Crippen MR) is 147 cm³/mol.